The van der Waals surface area contributed by atoms with Gasteiger partial charge >= 0.3 is 37.9 Å². The third kappa shape index (κ3) is 3.86. The number of thiophene rings is 1. The third-order valence-electron chi connectivity index (χ3n) is 3.45. The Morgan fingerprint density at radius 1 is 1.15 bits per heavy atom. The molecule has 0 unspecified atom stereocenters. The first kappa shape index (κ1) is 16.5. The topological polar surface area (TPSA) is 0 Å². The second-order valence-corrected chi connectivity index (χ2v) is 9.66. The molecule has 1 aliphatic rings. The first-order valence-electron chi connectivity index (χ1n) is 6.49. The van der Waals surface area contributed by atoms with Gasteiger partial charge in [-0.3, -0.25) is 0 Å². The van der Waals surface area contributed by atoms with Crippen molar-refractivity contribution in [3.8, 4) is 10.4 Å². The summed E-state index contributed by atoms with van der Waals surface area (Å²) in [6.07, 6.45) is 3.53. The van der Waals surface area contributed by atoms with E-state index in [1.807, 2.05) is 11.3 Å². The Morgan fingerprint density at radius 2 is 1.90 bits per heavy atom. The molecule has 104 valence electrons. The zero-order valence-electron chi connectivity index (χ0n) is 11.5. The number of fused-ring (bicyclic) bond motifs is 1. The first-order valence-corrected chi connectivity index (χ1v) is 13.7. The van der Waals surface area contributed by atoms with Crippen molar-refractivity contribution in [3.63, 3.8) is 0 Å². The molecule has 20 heavy (non-hydrogen) atoms. The van der Waals surface area contributed by atoms with Gasteiger partial charge in [-0.25, -0.2) is 0 Å². The third-order valence-corrected chi connectivity index (χ3v) is 4.35. The predicted octanol–water partition coefficient (Wildman–Crippen LogP) is 6.39. The summed E-state index contributed by atoms with van der Waals surface area (Å²) in [4.78, 5) is 1.38. The van der Waals surface area contributed by atoms with Gasteiger partial charge in [-0.1, -0.05) is 49.8 Å². The van der Waals surface area contributed by atoms with E-state index in [0.717, 1.165) is 6.42 Å². The summed E-state index contributed by atoms with van der Waals surface area (Å²) >= 11 is 0.997. The number of hydrogen-bond donors (Lipinski definition) is 0. The van der Waals surface area contributed by atoms with Crippen LogP contribution in [0, 0.1) is 5.92 Å². The number of halogens is 2. The standard InChI is InChI=1S/C16H16S.2ClH.Zr/c1-11(2)13-9-12-5-3-6-14(15(12)10-13)16-7-4-8-17-16;;;/h3-8,10-11H,9H2,1-2H3;2*1H;/q;;;+2/p-2. The van der Waals surface area contributed by atoms with Crippen molar-refractivity contribution in [2.45, 2.75) is 20.3 Å². The molecule has 0 atom stereocenters. The SMILES string of the molecule is CC(C)C1=Cc2c(cccc2-c2cccs2)C1.[Cl][Zr][Cl]. The van der Waals surface area contributed by atoms with Gasteiger partial charge in [-0.05, 0) is 40.5 Å². The van der Waals surface area contributed by atoms with Gasteiger partial charge in [-0.2, -0.15) is 0 Å². The molecule has 1 aliphatic carbocycles. The van der Waals surface area contributed by atoms with Crippen molar-refractivity contribution < 1.29 is 20.8 Å². The summed E-state index contributed by atoms with van der Waals surface area (Å²) in [6.45, 7) is 4.56. The van der Waals surface area contributed by atoms with E-state index in [0.29, 0.717) is 5.92 Å². The summed E-state index contributed by atoms with van der Waals surface area (Å²) < 4.78 is 0. The first-order chi connectivity index (χ1) is 9.67. The van der Waals surface area contributed by atoms with Crippen LogP contribution in [0.5, 0.6) is 0 Å². The minimum absolute atomic E-state index is 0.651. The molecule has 0 radical (unpaired) electrons. The Balaban J connectivity index is 0.000000452. The molecule has 0 saturated carbocycles. The fourth-order valence-corrected chi connectivity index (χ4v) is 3.18. The van der Waals surface area contributed by atoms with Crippen molar-refractivity contribution in [2.75, 3.05) is 0 Å². The fourth-order valence-electron chi connectivity index (χ4n) is 2.41. The molecule has 4 heteroatoms. The normalized spacial score (nSPS) is 12.6. The number of hydrogen-bond acceptors (Lipinski definition) is 1. The summed E-state index contributed by atoms with van der Waals surface area (Å²) in [7, 11) is 9.87. The molecular weight excluding hydrogens is 386 g/mol. The Morgan fingerprint density at radius 3 is 2.50 bits per heavy atom. The van der Waals surface area contributed by atoms with Crippen molar-refractivity contribution in [1.29, 1.82) is 0 Å². The van der Waals surface area contributed by atoms with Crippen LogP contribution >= 0.6 is 28.4 Å². The van der Waals surface area contributed by atoms with Gasteiger partial charge in [-0.15, -0.1) is 11.3 Å². The van der Waals surface area contributed by atoms with Gasteiger partial charge < -0.3 is 0 Å². The van der Waals surface area contributed by atoms with Crippen molar-refractivity contribution in [3.05, 3.63) is 52.4 Å². The Kier molecular flexibility index (Phi) is 6.55. The Bertz CT molecular complexity index is 589. The van der Waals surface area contributed by atoms with Crippen molar-refractivity contribution in [2.24, 2.45) is 5.92 Å². The van der Waals surface area contributed by atoms with Gasteiger partial charge in [0.25, 0.3) is 0 Å². The monoisotopic (exact) mass is 400 g/mol. The number of benzene rings is 1. The zero-order valence-corrected chi connectivity index (χ0v) is 16.3. The van der Waals surface area contributed by atoms with Gasteiger partial charge in [0.1, 0.15) is 0 Å². The van der Waals surface area contributed by atoms with Gasteiger partial charge in [0.2, 0.25) is 0 Å². The van der Waals surface area contributed by atoms with Crippen LogP contribution in [0.4, 0.5) is 0 Å². The van der Waals surface area contributed by atoms with Gasteiger partial charge in [0, 0.05) is 4.88 Å². The van der Waals surface area contributed by atoms with Gasteiger partial charge in [0.05, 0.1) is 0 Å². The van der Waals surface area contributed by atoms with Crippen LogP contribution in [0.1, 0.15) is 25.0 Å². The van der Waals surface area contributed by atoms with E-state index in [2.05, 4.69) is 55.6 Å². The molecular formula is C16H16Cl2SZr. The second-order valence-electron chi connectivity index (χ2n) is 4.98. The summed E-state index contributed by atoms with van der Waals surface area (Å²) in [5, 5.41) is 2.15. The molecule has 0 saturated heterocycles. The maximum atomic E-state index is 4.93. The molecule has 0 N–H and O–H groups in total. The van der Waals surface area contributed by atoms with E-state index in [1.54, 1.807) is 5.57 Å². The minimum atomic E-state index is -0.826. The molecule has 1 aromatic carbocycles. The number of allylic oxidation sites excluding steroid dienone is 1. The molecule has 0 spiro atoms. The number of rotatable bonds is 2. The van der Waals surface area contributed by atoms with Crippen LogP contribution < -0.4 is 0 Å². The molecule has 0 fully saturated rings. The Hall–Kier alpha value is 0.123. The van der Waals surface area contributed by atoms with E-state index in [4.69, 9.17) is 17.0 Å². The average molecular weight is 403 g/mol. The quantitative estimate of drug-likeness (QED) is 0.546. The average Bonchev–Trinajstić information content (AvgIpc) is 3.08. The van der Waals surface area contributed by atoms with Crippen LogP contribution in [0.15, 0.2) is 41.3 Å². The molecule has 1 aromatic heterocycles. The zero-order chi connectivity index (χ0) is 14.5. The molecule has 0 bridgehead atoms. The van der Waals surface area contributed by atoms with Crippen molar-refractivity contribution >= 4 is 34.4 Å². The predicted molar refractivity (Wildman–Crippen MR) is 88.0 cm³/mol. The Labute approximate surface area is 143 Å². The molecule has 1 heterocycles. The molecule has 0 aliphatic heterocycles. The van der Waals surface area contributed by atoms with E-state index in [-0.39, 0.29) is 0 Å². The molecule has 2 aromatic rings. The van der Waals surface area contributed by atoms with E-state index in [1.165, 1.54) is 21.6 Å². The summed E-state index contributed by atoms with van der Waals surface area (Å²) in [6, 6.07) is 11.0. The van der Waals surface area contributed by atoms with Crippen molar-refractivity contribution in [1.82, 2.24) is 0 Å². The van der Waals surface area contributed by atoms with Crippen LogP contribution in [0.2, 0.25) is 0 Å². The van der Waals surface area contributed by atoms with Crippen LogP contribution in [0.3, 0.4) is 0 Å². The molecule has 0 nitrogen and oxygen atoms in total. The maximum absolute atomic E-state index is 4.93. The van der Waals surface area contributed by atoms with E-state index >= 15 is 0 Å². The summed E-state index contributed by atoms with van der Waals surface area (Å²) in [5.74, 6) is 0.651. The van der Waals surface area contributed by atoms with Gasteiger partial charge in [0.15, 0.2) is 0 Å². The van der Waals surface area contributed by atoms with Crippen LogP contribution in [0.25, 0.3) is 16.5 Å². The van der Waals surface area contributed by atoms with E-state index < -0.39 is 20.8 Å². The van der Waals surface area contributed by atoms with Crippen LogP contribution in [-0.4, -0.2) is 0 Å². The molecule has 3 rings (SSSR count). The van der Waals surface area contributed by atoms with Crippen LogP contribution in [-0.2, 0) is 27.3 Å². The summed E-state index contributed by atoms with van der Waals surface area (Å²) in [5.41, 5.74) is 5.88. The molecule has 0 amide bonds. The van der Waals surface area contributed by atoms with E-state index in [9.17, 15) is 0 Å². The second kappa shape index (κ2) is 7.94. The fraction of sp³-hybridized carbons (Fsp3) is 0.250.